The molecule has 170 valence electrons. The predicted octanol–water partition coefficient (Wildman–Crippen LogP) is 2.73. The van der Waals surface area contributed by atoms with Gasteiger partial charge in [0.1, 0.15) is 36.7 Å². The lowest BCUT2D eigenvalue weighted by Gasteiger charge is -2.51. The molecule has 0 aromatic rings. The maximum Gasteiger partial charge on any atom is 0.173 e. The van der Waals surface area contributed by atoms with Gasteiger partial charge in [0.2, 0.25) is 0 Å². The quantitative estimate of drug-likeness (QED) is 0.413. The third kappa shape index (κ3) is 5.47. The zero-order valence-electron chi connectivity index (χ0n) is 19.3. The fourth-order valence-corrected chi connectivity index (χ4v) is 4.01. The molecule has 4 unspecified atom stereocenters. The molecule has 2 N–H and O–H groups in total. The number of allylic oxidation sites excluding steroid dienone is 1. The van der Waals surface area contributed by atoms with Crippen LogP contribution < -0.4 is 5.73 Å². The minimum Gasteiger partial charge on any atom is -0.313 e. The molecule has 4 atom stereocenters. The van der Waals surface area contributed by atoms with E-state index < -0.39 is 24.7 Å². The summed E-state index contributed by atoms with van der Waals surface area (Å²) in [5.74, 6) is 0. The normalized spacial score (nSPS) is 26.2. The van der Waals surface area contributed by atoms with E-state index in [9.17, 15) is 15.8 Å². The summed E-state index contributed by atoms with van der Waals surface area (Å²) in [4.78, 5) is 18.3. The molecule has 0 saturated carbocycles. The van der Waals surface area contributed by atoms with Gasteiger partial charge in [-0.1, -0.05) is 46.6 Å². The van der Waals surface area contributed by atoms with Gasteiger partial charge in [-0.2, -0.15) is 15.8 Å². The molecule has 0 aromatic heterocycles. The van der Waals surface area contributed by atoms with Crippen molar-refractivity contribution >= 4 is 17.1 Å². The van der Waals surface area contributed by atoms with Gasteiger partial charge in [0.15, 0.2) is 11.4 Å². The van der Waals surface area contributed by atoms with E-state index in [0.29, 0.717) is 30.8 Å². The van der Waals surface area contributed by atoms with Crippen LogP contribution in [0.25, 0.3) is 0 Å². The maximum atomic E-state index is 9.55. The third-order valence-electron chi connectivity index (χ3n) is 5.73. The number of fused-ring (bicyclic) bond motifs is 1. The Hall–Kier alpha value is -2.90. The van der Waals surface area contributed by atoms with Crippen LogP contribution in [0.15, 0.2) is 27.1 Å². The van der Waals surface area contributed by atoms with Crippen molar-refractivity contribution in [1.29, 1.82) is 15.8 Å². The number of unbranched alkanes of at least 4 members (excludes halogenated alkanes) is 2. The van der Waals surface area contributed by atoms with Gasteiger partial charge in [-0.3, -0.25) is 14.8 Å². The van der Waals surface area contributed by atoms with Gasteiger partial charge in [0.25, 0.3) is 0 Å². The molecule has 0 aliphatic carbocycles. The number of hydrogen-bond acceptors (Lipinski definition) is 9. The summed E-state index contributed by atoms with van der Waals surface area (Å²) in [5.41, 5.74) is 7.84. The summed E-state index contributed by atoms with van der Waals surface area (Å²) < 4.78 is 0. The fraction of sp³-hybridized carbons (Fsp3) is 0.652. The third-order valence-corrected chi connectivity index (χ3v) is 5.73. The molecule has 1 fully saturated rings. The topological polar surface area (TPSA) is 141 Å². The highest BCUT2D eigenvalue weighted by molar-refractivity contribution is 6.53. The van der Waals surface area contributed by atoms with E-state index in [1.807, 2.05) is 24.0 Å². The Kier molecular flexibility index (Phi) is 9.68. The smallest absolute Gasteiger partial charge is 0.173 e. The Morgan fingerprint density at radius 3 is 1.97 bits per heavy atom. The monoisotopic (exact) mass is 435 g/mol. The number of nitriles is 3. The summed E-state index contributed by atoms with van der Waals surface area (Å²) in [5, 5.41) is 28.5. The van der Waals surface area contributed by atoms with E-state index >= 15 is 0 Å². The van der Waals surface area contributed by atoms with Crippen LogP contribution in [0.3, 0.4) is 0 Å². The van der Waals surface area contributed by atoms with Crippen molar-refractivity contribution in [3.05, 3.63) is 12.2 Å². The van der Waals surface area contributed by atoms with E-state index in [1.54, 1.807) is 0 Å². The largest absolute Gasteiger partial charge is 0.313 e. The van der Waals surface area contributed by atoms with E-state index in [-0.39, 0.29) is 11.4 Å². The summed E-state index contributed by atoms with van der Waals surface area (Å²) in [6.45, 7) is 11.4. The Labute approximate surface area is 191 Å². The first-order valence-electron chi connectivity index (χ1n) is 11.4. The average Bonchev–Trinajstić information content (AvgIpc) is 2.81. The van der Waals surface area contributed by atoms with Gasteiger partial charge in [0.05, 0.1) is 17.5 Å². The Balaban J connectivity index is 2.62. The van der Waals surface area contributed by atoms with E-state index in [4.69, 9.17) is 10.7 Å². The number of nitrogens with two attached hydrogens (primary N) is 1. The van der Waals surface area contributed by atoms with Crippen LogP contribution >= 0.6 is 0 Å². The van der Waals surface area contributed by atoms with Crippen LogP contribution in [0.5, 0.6) is 0 Å². The highest BCUT2D eigenvalue weighted by Gasteiger charge is 2.48. The van der Waals surface area contributed by atoms with Gasteiger partial charge in [-0.05, 0) is 19.3 Å². The van der Waals surface area contributed by atoms with E-state index in [0.717, 1.165) is 32.1 Å². The van der Waals surface area contributed by atoms with Crippen molar-refractivity contribution in [2.75, 3.05) is 13.1 Å². The first-order valence-corrected chi connectivity index (χ1v) is 11.4. The molecule has 0 aromatic carbocycles. The second kappa shape index (κ2) is 12.2. The first-order chi connectivity index (χ1) is 15.5. The minimum atomic E-state index is -0.500. The van der Waals surface area contributed by atoms with Gasteiger partial charge < -0.3 is 5.73 Å². The zero-order valence-corrected chi connectivity index (χ0v) is 19.3. The van der Waals surface area contributed by atoms with Crippen LogP contribution in [-0.4, -0.2) is 64.7 Å². The SMILES string of the molecule is C=C(C#N)/C(CCC)=N\C1C(N)N(CCCC)C2N=C(C#N)C(C#N)=NC2N1CCCC. The molecule has 2 aliphatic heterocycles. The molecule has 9 nitrogen and oxygen atoms in total. The maximum absolute atomic E-state index is 9.55. The molecule has 0 bridgehead atoms. The van der Waals surface area contributed by atoms with Crippen molar-refractivity contribution in [1.82, 2.24) is 9.80 Å². The zero-order chi connectivity index (χ0) is 23.7. The van der Waals surface area contributed by atoms with Crippen molar-refractivity contribution < 1.29 is 0 Å². The molecule has 0 radical (unpaired) electrons. The average molecular weight is 436 g/mol. The Bertz CT molecular complexity index is 896. The predicted molar refractivity (Wildman–Crippen MR) is 126 cm³/mol. The van der Waals surface area contributed by atoms with Gasteiger partial charge >= 0.3 is 0 Å². The lowest BCUT2D eigenvalue weighted by Crippen LogP contribution is -2.71. The number of aliphatic imine (C=N–C) groups is 3. The van der Waals surface area contributed by atoms with Crippen LogP contribution in [-0.2, 0) is 0 Å². The molecule has 2 heterocycles. The lowest BCUT2D eigenvalue weighted by atomic mass is 10.0. The summed E-state index contributed by atoms with van der Waals surface area (Å²) >= 11 is 0. The summed E-state index contributed by atoms with van der Waals surface area (Å²) in [6, 6.07) is 6.14. The first kappa shape index (κ1) is 25.4. The Morgan fingerprint density at radius 2 is 1.50 bits per heavy atom. The molecule has 32 heavy (non-hydrogen) atoms. The molecule has 0 amide bonds. The highest BCUT2D eigenvalue weighted by Crippen LogP contribution is 2.31. The number of piperazine rings is 1. The molecule has 1 saturated heterocycles. The second-order valence-corrected chi connectivity index (χ2v) is 8.01. The van der Waals surface area contributed by atoms with E-state index in [2.05, 4.69) is 41.4 Å². The lowest BCUT2D eigenvalue weighted by molar-refractivity contribution is -0.0559. The van der Waals surface area contributed by atoms with Gasteiger partial charge in [-0.25, -0.2) is 9.98 Å². The molecular formula is C23H33N9. The number of rotatable bonds is 10. The van der Waals surface area contributed by atoms with Gasteiger partial charge in [-0.15, -0.1) is 0 Å². The van der Waals surface area contributed by atoms with Crippen molar-refractivity contribution in [3.8, 4) is 18.2 Å². The highest BCUT2D eigenvalue weighted by atomic mass is 15.5. The van der Waals surface area contributed by atoms with Crippen LogP contribution in [0.1, 0.15) is 59.3 Å². The molecule has 9 heteroatoms. The van der Waals surface area contributed by atoms with Crippen molar-refractivity contribution in [2.45, 2.75) is 84.0 Å². The van der Waals surface area contributed by atoms with Crippen molar-refractivity contribution in [3.63, 3.8) is 0 Å². The second-order valence-electron chi connectivity index (χ2n) is 8.01. The Morgan fingerprint density at radius 1 is 0.969 bits per heavy atom. The standard InChI is InChI=1S/C23H33N9/c1-5-8-11-31-20(27)21(28-17(10-7-3)16(4)13-24)32(12-9-6-2)23-22(31)29-18(14-25)19(15-26)30-23/h20-23H,4-12,27H2,1-3H3/b28-17-. The molecule has 0 spiro atoms. The van der Waals surface area contributed by atoms with Gasteiger partial charge in [0, 0.05) is 13.1 Å². The van der Waals surface area contributed by atoms with Crippen LogP contribution in [0.4, 0.5) is 0 Å². The van der Waals surface area contributed by atoms with Crippen molar-refractivity contribution in [2.24, 2.45) is 20.7 Å². The minimum absolute atomic E-state index is 0.0408. The fourth-order valence-electron chi connectivity index (χ4n) is 4.01. The van der Waals surface area contributed by atoms with E-state index in [1.165, 1.54) is 0 Å². The number of hydrogen-bond donors (Lipinski definition) is 1. The van der Waals surface area contributed by atoms with Crippen LogP contribution in [0.2, 0.25) is 0 Å². The molecule has 2 rings (SSSR count). The number of nitrogens with zero attached hydrogens (tertiary/aromatic N) is 8. The van der Waals surface area contributed by atoms with Crippen LogP contribution in [0, 0.1) is 34.0 Å². The summed E-state index contributed by atoms with van der Waals surface area (Å²) in [6.07, 6.45) is 3.30. The molecular weight excluding hydrogens is 402 g/mol. The molecule has 2 aliphatic rings. The summed E-state index contributed by atoms with van der Waals surface area (Å²) in [7, 11) is 0.